The van der Waals surface area contributed by atoms with Crippen molar-refractivity contribution in [1.29, 1.82) is 5.26 Å². The molecule has 0 amide bonds. The molecule has 1 aliphatic rings. The first kappa shape index (κ1) is 12.0. The summed E-state index contributed by atoms with van der Waals surface area (Å²) in [6, 6.07) is 14.4. The molecular formula is C17H18N2. The van der Waals surface area contributed by atoms with E-state index in [4.69, 9.17) is 0 Å². The van der Waals surface area contributed by atoms with E-state index < -0.39 is 0 Å². The first-order chi connectivity index (χ1) is 9.28. The van der Waals surface area contributed by atoms with Crippen LogP contribution in [0.15, 0.2) is 36.4 Å². The fourth-order valence-corrected chi connectivity index (χ4v) is 2.96. The Labute approximate surface area is 114 Å². The van der Waals surface area contributed by atoms with Gasteiger partial charge in [-0.2, -0.15) is 5.26 Å². The lowest BCUT2D eigenvalue weighted by Crippen LogP contribution is -2.44. The molecule has 0 aliphatic heterocycles. The van der Waals surface area contributed by atoms with Crippen LogP contribution in [0.3, 0.4) is 0 Å². The minimum Gasteiger partial charge on any atom is -0.379 e. The molecule has 0 bridgehead atoms. The summed E-state index contributed by atoms with van der Waals surface area (Å²) in [5.41, 5.74) is 2.19. The summed E-state index contributed by atoms with van der Waals surface area (Å²) >= 11 is 0. The zero-order valence-corrected chi connectivity index (χ0v) is 11.2. The maximum absolute atomic E-state index is 9.19. The number of rotatable bonds is 3. The van der Waals surface area contributed by atoms with E-state index in [9.17, 15) is 5.26 Å². The summed E-state index contributed by atoms with van der Waals surface area (Å²) in [4.78, 5) is 0. The Morgan fingerprint density at radius 1 is 1.16 bits per heavy atom. The van der Waals surface area contributed by atoms with Gasteiger partial charge < -0.3 is 5.32 Å². The first-order valence-electron chi connectivity index (χ1n) is 6.98. The van der Waals surface area contributed by atoms with Crippen LogP contribution in [-0.4, -0.2) is 5.54 Å². The van der Waals surface area contributed by atoms with Gasteiger partial charge in [0.25, 0.3) is 0 Å². The summed E-state index contributed by atoms with van der Waals surface area (Å²) in [5, 5.41) is 15.1. The van der Waals surface area contributed by atoms with Crippen LogP contribution in [-0.2, 0) is 0 Å². The summed E-state index contributed by atoms with van der Waals surface area (Å²) in [6.07, 6.45) is 4.96. The normalized spacial score (nSPS) is 16.6. The molecule has 0 radical (unpaired) electrons. The third-order valence-electron chi connectivity index (χ3n) is 4.43. The second kappa shape index (κ2) is 4.59. The molecule has 1 fully saturated rings. The second-order valence-corrected chi connectivity index (χ2v) is 5.43. The van der Waals surface area contributed by atoms with E-state index in [1.807, 2.05) is 24.3 Å². The van der Waals surface area contributed by atoms with E-state index in [1.165, 1.54) is 19.3 Å². The quantitative estimate of drug-likeness (QED) is 0.873. The largest absolute Gasteiger partial charge is 0.379 e. The molecule has 3 rings (SSSR count). The number of benzene rings is 2. The van der Waals surface area contributed by atoms with Crippen molar-refractivity contribution in [3.05, 3.63) is 42.0 Å². The summed E-state index contributed by atoms with van der Waals surface area (Å²) in [5.74, 6) is 0. The van der Waals surface area contributed by atoms with Crippen molar-refractivity contribution in [3.63, 3.8) is 0 Å². The molecule has 1 aliphatic carbocycles. The van der Waals surface area contributed by atoms with E-state index in [0.717, 1.165) is 28.4 Å². The van der Waals surface area contributed by atoms with Crippen LogP contribution in [0.1, 0.15) is 38.2 Å². The van der Waals surface area contributed by atoms with Crippen LogP contribution in [0, 0.1) is 11.3 Å². The standard InChI is InChI=1S/C17H18N2/c1-2-17(10-5-11-17)19-16-9-8-13(12-18)14-6-3-4-7-15(14)16/h3-4,6-9,19H,2,5,10-11H2,1H3. The second-order valence-electron chi connectivity index (χ2n) is 5.43. The Balaban J connectivity index is 2.08. The fourth-order valence-electron chi connectivity index (χ4n) is 2.96. The van der Waals surface area contributed by atoms with Crippen molar-refractivity contribution in [1.82, 2.24) is 0 Å². The molecular weight excluding hydrogens is 232 g/mol. The topological polar surface area (TPSA) is 35.8 Å². The Morgan fingerprint density at radius 3 is 2.47 bits per heavy atom. The SMILES string of the molecule is CCC1(Nc2ccc(C#N)c3ccccc23)CCC1. The zero-order chi connectivity index (χ0) is 13.3. The van der Waals surface area contributed by atoms with Crippen LogP contribution in [0.25, 0.3) is 10.8 Å². The van der Waals surface area contributed by atoms with Crippen LogP contribution >= 0.6 is 0 Å². The average molecular weight is 250 g/mol. The number of nitrogens with one attached hydrogen (secondary N) is 1. The number of anilines is 1. The fraction of sp³-hybridized carbons (Fsp3) is 0.353. The molecule has 0 aromatic heterocycles. The van der Waals surface area contributed by atoms with Crippen molar-refractivity contribution in [2.75, 3.05) is 5.32 Å². The lowest BCUT2D eigenvalue weighted by molar-refractivity contribution is 0.270. The molecule has 19 heavy (non-hydrogen) atoms. The Hall–Kier alpha value is -2.01. The van der Waals surface area contributed by atoms with E-state index in [2.05, 4.69) is 30.4 Å². The van der Waals surface area contributed by atoms with Crippen molar-refractivity contribution in [3.8, 4) is 6.07 Å². The van der Waals surface area contributed by atoms with Gasteiger partial charge in [-0.1, -0.05) is 31.2 Å². The summed E-state index contributed by atoms with van der Waals surface area (Å²) < 4.78 is 0. The highest BCUT2D eigenvalue weighted by Gasteiger charge is 2.35. The smallest absolute Gasteiger partial charge is 0.0998 e. The molecule has 1 saturated carbocycles. The van der Waals surface area contributed by atoms with Gasteiger partial charge in [-0.05, 0) is 37.8 Å². The van der Waals surface area contributed by atoms with Gasteiger partial charge in [-0.3, -0.25) is 0 Å². The predicted octanol–water partition coefficient (Wildman–Crippen LogP) is 4.46. The molecule has 96 valence electrons. The molecule has 0 atom stereocenters. The van der Waals surface area contributed by atoms with Gasteiger partial charge in [0, 0.05) is 22.0 Å². The molecule has 0 saturated heterocycles. The van der Waals surface area contributed by atoms with Gasteiger partial charge in [0.2, 0.25) is 0 Å². The zero-order valence-electron chi connectivity index (χ0n) is 11.2. The van der Waals surface area contributed by atoms with Gasteiger partial charge in [0.1, 0.15) is 0 Å². The maximum Gasteiger partial charge on any atom is 0.0998 e. The molecule has 0 heterocycles. The highest BCUT2D eigenvalue weighted by Crippen LogP contribution is 2.39. The van der Waals surface area contributed by atoms with Crippen molar-refractivity contribution in [2.24, 2.45) is 0 Å². The minimum absolute atomic E-state index is 0.275. The number of nitrogens with zero attached hydrogens (tertiary/aromatic N) is 1. The van der Waals surface area contributed by atoms with Gasteiger partial charge in [0.05, 0.1) is 11.6 Å². The molecule has 2 aromatic carbocycles. The van der Waals surface area contributed by atoms with Crippen LogP contribution in [0.5, 0.6) is 0 Å². The van der Waals surface area contributed by atoms with Crippen LogP contribution < -0.4 is 5.32 Å². The van der Waals surface area contributed by atoms with Gasteiger partial charge in [0.15, 0.2) is 0 Å². The number of nitriles is 1. The summed E-state index contributed by atoms with van der Waals surface area (Å²) in [7, 11) is 0. The molecule has 2 aromatic rings. The highest BCUT2D eigenvalue weighted by molar-refractivity contribution is 5.97. The minimum atomic E-state index is 0.275. The average Bonchev–Trinajstić information content (AvgIpc) is 2.43. The monoisotopic (exact) mass is 250 g/mol. The third kappa shape index (κ3) is 1.96. The van der Waals surface area contributed by atoms with Crippen LogP contribution in [0.4, 0.5) is 5.69 Å². The van der Waals surface area contributed by atoms with Crippen molar-refractivity contribution in [2.45, 2.75) is 38.1 Å². The maximum atomic E-state index is 9.19. The molecule has 0 spiro atoms. The van der Waals surface area contributed by atoms with Crippen molar-refractivity contribution >= 4 is 16.5 Å². The van der Waals surface area contributed by atoms with Crippen LogP contribution in [0.2, 0.25) is 0 Å². The molecule has 2 heteroatoms. The van der Waals surface area contributed by atoms with Crippen molar-refractivity contribution < 1.29 is 0 Å². The number of hydrogen-bond acceptors (Lipinski definition) is 2. The number of fused-ring (bicyclic) bond motifs is 1. The Morgan fingerprint density at radius 2 is 1.89 bits per heavy atom. The summed E-state index contributed by atoms with van der Waals surface area (Å²) in [6.45, 7) is 2.25. The first-order valence-corrected chi connectivity index (χ1v) is 6.98. The molecule has 1 N–H and O–H groups in total. The van der Waals surface area contributed by atoms with E-state index in [1.54, 1.807) is 0 Å². The van der Waals surface area contributed by atoms with Gasteiger partial charge in [-0.15, -0.1) is 0 Å². The Bertz CT molecular complexity index is 642. The third-order valence-corrected chi connectivity index (χ3v) is 4.43. The predicted molar refractivity (Wildman–Crippen MR) is 79.2 cm³/mol. The lowest BCUT2D eigenvalue weighted by atomic mass is 9.74. The van der Waals surface area contributed by atoms with E-state index in [0.29, 0.717) is 0 Å². The molecule has 2 nitrogen and oxygen atoms in total. The lowest BCUT2D eigenvalue weighted by Gasteiger charge is -2.43. The van der Waals surface area contributed by atoms with E-state index in [-0.39, 0.29) is 5.54 Å². The highest BCUT2D eigenvalue weighted by atomic mass is 15.0. The van der Waals surface area contributed by atoms with Gasteiger partial charge in [-0.25, -0.2) is 0 Å². The van der Waals surface area contributed by atoms with E-state index >= 15 is 0 Å². The van der Waals surface area contributed by atoms with Gasteiger partial charge >= 0.3 is 0 Å². The molecule has 0 unspecified atom stereocenters. The Kier molecular flexibility index (Phi) is 2.91. The number of hydrogen-bond donors (Lipinski definition) is 1.